The van der Waals surface area contributed by atoms with Crippen molar-refractivity contribution in [3.63, 3.8) is 0 Å². The van der Waals surface area contributed by atoms with Crippen molar-refractivity contribution in [1.29, 1.82) is 0 Å². The highest BCUT2D eigenvalue weighted by Crippen LogP contribution is 2.19. The molecule has 0 radical (unpaired) electrons. The molecule has 0 bridgehead atoms. The van der Waals surface area contributed by atoms with Crippen LogP contribution in [0.5, 0.6) is 5.75 Å². The molecule has 0 heterocycles. The average molecular weight is 280 g/mol. The van der Waals surface area contributed by atoms with E-state index in [1.165, 1.54) is 0 Å². The van der Waals surface area contributed by atoms with Crippen LogP contribution in [0.3, 0.4) is 0 Å². The van der Waals surface area contributed by atoms with Gasteiger partial charge in [-0.05, 0) is 25.5 Å². The van der Waals surface area contributed by atoms with Crippen molar-refractivity contribution in [2.24, 2.45) is 0 Å². The summed E-state index contributed by atoms with van der Waals surface area (Å²) in [6.45, 7) is 4.09. The Morgan fingerprint density at radius 2 is 2.15 bits per heavy atom. The summed E-state index contributed by atoms with van der Waals surface area (Å²) in [6.07, 6.45) is 0.896. The molecule has 1 atom stereocenters. The summed E-state index contributed by atoms with van der Waals surface area (Å²) in [4.78, 5) is 21.9. The number of carbonyl (C=O) groups is 2. The Morgan fingerprint density at radius 3 is 2.80 bits per heavy atom. The van der Waals surface area contributed by atoms with E-state index >= 15 is 0 Å². The molecule has 0 aliphatic carbocycles. The number of hydrogen-bond acceptors (Lipinski definition) is 3. The first-order valence-electron chi connectivity index (χ1n) is 6.54. The van der Waals surface area contributed by atoms with Gasteiger partial charge in [0.2, 0.25) is 0 Å². The van der Waals surface area contributed by atoms with Gasteiger partial charge in [0.25, 0.3) is 0 Å². The molecule has 0 saturated carbocycles. The molecule has 0 fully saturated rings. The second kappa shape index (κ2) is 8.04. The van der Waals surface area contributed by atoms with E-state index in [9.17, 15) is 9.59 Å². The SMILES string of the molecule is CCC(C)Oc1cccc(NC(=O)NCCC(=O)O)c1. The van der Waals surface area contributed by atoms with Crippen LogP contribution in [-0.2, 0) is 4.79 Å². The smallest absolute Gasteiger partial charge is 0.319 e. The van der Waals surface area contributed by atoms with Gasteiger partial charge in [-0.2, -0.15) is 0 Å². The summed E-state index contributed by atoms with van der Waals surface area (Å²) in [7, 11) is 0. The van der Waals surface area contributed by atoms with E-state index in [1.54, 1.807) is 18.2 Å². The van der Waals surface area contributed by atoms with Crippen molar-refractivity contribution in [1.82, 2.24) is 5.32 Å². The molecule has 1 rings (SSSR count). The fourth-order valence-electron chi connectivity index (χ4n) is 1.42. The molecular weight excluding hydrogens is 260 g/mol. The molecule has 1 aromatic rings. The summed E-state index contributed by atoms with van der Waals surface area (Å²) in [6, 6.07) is 6.62. The van der Waals surface area contributed by atoms with Crippen molar-refractivity contribution in [2.45, 2.75) is 32.8 Å². The number of hydrogen-bond donors (Lipinski definition) is 3. The standard InChI is InChI=1S/C14H20N2O4/c1-3-10(2)20-12-6-4-5-11(9-12)16-14(19)15-8-7-13(17)18/h4-6,9-10H,3,7-8H2,1-2H3,(H,17,18)(H2,15,16,19). The lowest BCUT2D eigenvalue weighted by Gasteiger charge is -2.13. The minimum Gasteiger partial charge on any atom is -0.491 e. The first kappa shape index (κ1) is 15.8. The van der Waals surface area contributed by atoms with Crippen LogP contribution in [-0.4, -0.2) is 29.8 Å². The molecular formula is C14H20N2O4. The van der Waals surface area contributed by atoms with Crippen molar-refractivity contribution in [3.05, 3.63) is 24.3 Å². The Labute approximate surface area is 118 Å². The minimum absolute atomic E-state index is 0.0875. The van der Waals surface area contributed by atoms with Crippen LogP contribution in [0.4, 0.5) is 10.5 Å². The zero-order valence-electron chi connectivity index (χ0n) is 11.7. The molecule has 1 aromatic carbocycles. The first-order valence-corrected chi connectivity index (χ1v) is 6.54. The number of amides is 2. The van der Waals surface area contributed by atoms with Gasteiger partial charge in [0.15, 0.2) is 0 Å². The van der Waals surface area contributed by atoms with Gasteiger partial charge < -0.3 is 20.5 Å². The van der Waals surface area contributed by atoms with Crippen molar-refractivity contribution >= 4 is 17.7 Å². The largest absolute Gasteiger partial charge is 0.491 e. The van der Waals surface area contributed by atoms with Gasteiger partial charge in [0.05, 0.1) is 12.5 Å². The van der Waals surface area contributed by atoms with Gasteiger partial charge in [-0.3, -0.25) is 4.79 Å². The quantitative estimate of drug-likeness (QED) is 0.716. The molecule has 0 aliphatic heterocycles. The highest BCUT2D eigenvalue weighted by atomic mass is 16.5. The second-order valence-electron chi connectivity index (χ2n) is 4.39. The van der Waals surface area contributed by atoms with Gasteiger partial charge in [0.1, 0.15) is 5.75 Å². The van der Waals surface area contributed by atoms with Crippen LogP contribution in [0.25, 0.3) is 0 Å². The fraction of sp³-hybridized carbons (Fsp3) is 0.429. The number of benzene rings is 1. The number of aliphatic carboxylic acids is 1. The molecule has 6 nitrogen and oxygen atoms in total. The van der Waals surface area contributed by atoms with E-state index in [0.717, 1.165) is 6.42 Å². The number of ether oxygens (including phenoxy) is 1. The molecule has 0 aliphatic rings. The van der Waals surface area contributed by atoms with Crippen LogP contribution >= 0.6 is 0 Å². The van der Waals surface area contributed by atoms with Crippen LogP contribution in [0, 0.1) is 0 Å². The van der Waals surface area contributed by atoms with E-state index in [2.05, 4.69) is 10.6 Å². The average Bonchev–Trinajstić information content (AvgIpc) is 2.38. The number of nitrogens with one attached hydrogen (secondary N) is 2. The Kier molecular flexibility index (Phi) is 6.36. The predicted molar refractivity (Wildman–Crippen MR) is 76.1 cm³/mol. The van der Waals surface area contributed by atoms with E-state index < -0.39 is 12.0 Å². The van der Waals surface area contributed by atoms with Gasteiger partial charge >= 0.3 is 12.0 Å². The number of carboxylic acid groups (broad SMARTS) is 1. The molecule has 3 N–H and O–H groups in total. The molecule has 20 heavy (non-hydrogen) atoms. The van der Waals surface area contributed by atoms with Gasteiger partial charge in [0, 0.05) is 18.3 Å². The number of carbonyl (C=O) groups excluding carboxylic acids is 1. The van der Waals surface area contributed by atoms with Crippen LogP contribution in [0.15, 0.2) is 24.3 Å². The minimum atomic E-state index is -0.950. The van der Waals surface area contributed by atoms with Gasteiger partial charge in [-0.25, -0.2) is 4.79 Å². The lowest BCUT2D eigenvalue weighted by atomic mass is 10.3. The predicted octanol–water partition coefficient (Wildman–Crippen LogP) is 2.46. The third-order valence-corrected chi connectivity index (χ3v) is 2.63. The van der Waals surface area contributed by atoms with Gasteiger partial charge in [-0.1, -0.05) is 13.0 Å². The molecule has 0 aromatic heterocycles. The topological polar surface area (TPSA) is 87.7 Å². The summed E-state index contributed by atoms with van der Waals surface area (Å²) in [5, 5.41) is 13.6. The van der Waals surface area contributed by atoms with E-state index in [0.29, 0.717) is 11.4 Å². The van der Waals surface area contributed by atoms with Crippen molar-refractivity contribution in [3.8, 4) is 5.75 Å². The highest BCUT2D eigenvalue weighted by Gasteiger charge is 2.05. The van der Waals surface area contributed by atoms with E-state index in [1.807, 2.05) is 19.9 Å². The monoisotopic (exact) mass is 280 g/mol. The fourth-order valence-corrected chi connectivity index (χ4v) is 1.42. The Morgan fingerprint density at radius 1 is 1.40 bits per heavy atom. The summed E-state index contributed by atoms with van der Waals surface area (Å²) in [5.41, 5.74) is 0.596. The highest BCUT2D eigenvalue weighted by molar-refractivity contribution is 5.89. The number of urea groups is 1. The maximum absolute atomic E-state index is 11.5. The first-order chi connectivity index (χ1) is 9.51. The zero-order chi connectivity index (χ0) is 15.0. The molecule has 6 heteroatoms. The summed E-state index contributed by atoms with van der Waals surface area (Å²) in [5.74, 6) is -0.267. The van der Waals surface area contributed by atoms with E-state index in [-0.39, 0.29) is 19.1 Å². The maximum Gasteiger partial charge on any atom is 0.319 e. The number of rotatable bonds is 7. The second-order valence-corrected chi connectivity index (χ2v) is 4.39. The lowest BCUT2D eigenvalue weighted by molar-refractivity contribution is -0.136. The van der Waals surface area contributed by atoms with Crippen molar-refractivity contribution in [2.75, 3.05) is 11.9 Å². The molecule has 0 spiro atoms. The Balaban J connectivity index is 2.48. The Bertz CT molecular complexity index is 462. The van der Waals surface area contributed by atoms with E-state index in [4.69, 9.17) is 9.84 Å². The van der Waals surface area contributed by atoms with Crippen molar-refractivity contribution < 1.29 is 19.4 Å². The molecule has 110 valence electrons. The summed E-state index contributed by atoms with van der Waals surface area (Å²) >= 11 is 0. The summed E-state index contributed by atoms with van der Waals surface area (Å²) < 4.78 is 5.65. The normalized spacial score (nSPS) is 11.5. The van der Waals surface area contributed by atoms with Crippen LogP contribution in [0.1, 0.15) is 26.7 Å². The lowest BCUT2D eigenvalue weighted by Crippen LogP contribution is -2.30. The molecule has 0 saturated heterocycles. The van der Waals surface area contributed by atoms with Gasteiger partial charge in [-0.15, -0.1) is 0 Å². The zero-order valence-corrected chi connectivity index (χ0v) is 11.7. The molecule has 2 amide bonds. The van der Waals surface area contributed by atoms with Crippen LogP contribution < -0.4 is 15.4 Å². The maximum atomic E-state index is 11.5. The third-order valence-electron chi connectivity index (χ3n) is 2.63. The Hall–Kier alpha value is -2.24. The number of anilines is 1. The third kappa shape index (κ3) is 6.08. The molecule has 1 unspecified atom stereocenters. The number of carboxylic acids is 1. The van der Waals surface area contributed by atoms with Crippen LogP contribution in [0.2, 0.25) is 0 Å².